The first kappa shape index (κ1) is 61.7. The first-order valence-electron chi connectivity index (χ1n) is 26.3. The highest BCUT2D eigenvalue weighted by Crippen LogP contribution is 2.36. The molecule has 3 aromatic rings. The normalized spacial score (nSPS) is 24.9. The molecule has 7 rings (SSSR count). The third-order valence-corrected chi connectivity index (χ3v) is 15.1. The van der Waals surface area contributed by atoms with Crippen molar-refractivity contribution in [3.8, 4) is 5.75 Å². The molecule has 0 aliphatic carbocycles. The number of carbonyl (C=O) groups is 3. The molecule has 0 bridgehead atoms. The lowest BCUT2D eigenvalue weighted by molar-refractivity contribution is -0.158. The summed E-state index contributed by atoms with van der Waals surface area (Å²) >= 11 is 0. The van der Waals surface area contributed by atoms with Crippen LogP contribution in [0, 0.1) is 11.8 Å². The summed E-state index contributed by atoms with van der Waals surface area (Å²) in [6.07, 6.45) is 7.62. The monoisotopic (exact) mass is 997 g/mol. The number of carbonyl (C=O) groups excluding carboxylic acids is 3. The van der Waals surface area contributed by atoms with Gasteiger partial charge in [-0.1, -0.05) is 105 Å². The Balaban J connectivity index is 0.000000245. The van der Waals surface area contributed by atoms with E-state index in [2.05, 4.69) is 138 Å². The molecule has 4 fully saturated rings. The molecule has 0 amide bonds. The number of hydrogen-bond acceptors (Lipinski definition) is 11. The molecule has 0 aromatic heterocycles. The van der Waals surface area contributed by atoms with Gasteiger partial charge in [0.25, 0.3) is 0 Å². The lowest BCUT2D eigenvalue weighted by Crippen LogP contribution is -2.60. The van der Waals surface area contributed by atoms with E-state index in [9.17, 15) is 14.4 Å². The highest BCUT2D eigenvalue weighted by molar-refractivity contribution is 5.81. The summed E-state index contributed by atoms with van der Waals surface area (Å²) in [6.45, 7) is 37.5. The van der Waals surface area contributed by atoms with Gasteiger partial charge < -0.3 is 39.4 Å². The molecule has 4 saturated heterocycles. The van der Waals surface area contributed by atoms with E-state index in [0.717, 1.165) is 62.9 Å². The Bertz CT molecular complexity index is 2030. The quantitative estimate of drug-likeness (QED) is 0.128. The van der Waals surface area contributed by atoms with Crippen LogP contribution in [0.5, 0.6) is 5.75 Å². The van der Waals surface area contributed by atoms with Gasteiger partial charge in [-0.25, -0.2) is 4.79 Å². The maximum absolute atomic E-state index is 12.1. The molecule has 3 aromatic carbocycles. The van der Waals surface area contributed by atoms with Crippen molar-refractivity contribution in [2.45, 2.75) is 206 Å². The zero-order chi connectivity index (χ0) is 54.1. The predicted octanol–water partition coefficient (Wildman–Crippen LogP) is 11.6. The third-order valence-electron chi connectivity index (χ3n) is 15.1. The van der Waals surface area contributed by atoms with Crippen molar-refractivity contribution in [3.63, 3.8) is 0 Å². The standard InChI is InChI=1S/C17H25NO2.C15H23NO.C12H21NO2.C11H21NO2.C6H6/c1-13-15(10-11-18(4)17(13,2)3)20-16(19)12-14-8-6-5-7-9-14;1-14(2)10-13(11-15(3,4)16-14)17-12-8-6-5-7-9-12;1-6-10(14)15-9-7-11(2,3)13-12(4,5)8-9;1-8-10(14-9(2)13)6-7-12(5)11(8,3)4;1-2-4-6-5-3-1/h5-9,13,15H,10-12H2,1-4H3;5-9,13,16H,10-11H2,1-4H3;6,9,13H,1,7-8H2,2-5H3;8,10H,6-7H2,1-5H3;1-6H. The molecule has 4 aliphatic rings. The first-order valence-corrected chi connectivity index (χ1v) is 26.3. The Morgan fingerprint density at radius 2 is 0.931 bits per heavy atom. The Morgan fingerprint density at radius 3 is 1.32 bits per heavy atom. The van der Waals surface area contributed by atoms with Gasteiger partial charge in [0.2, 0.25) is 0 Å². The molecule has 4 unspecified atom stereocenters. The SMILES string of the molecule is C=CC(=O)OC1CC(C)(C)NC(C)(C)C1.CC(=O)OC1CCN(C)C(C)(C)C1C.CC1(C)CC(Oc2ccccc2)CC(C)(C)N1.CC1C(OC(=O)Cc2ccccc2)CCN(C)C1(C)C.c1ccccc1. The van der Waals surface area contributed by atoms with Gasteiger partial charge in [0.15, 0.2) is 0 Å². The lowest BCUT2D eigenvalue weighted by atomic mass is 9.79. The van der Waals surface area contributed by atoms with Gasteiger partial charge >= 0.3 is 17.9 Å². The molecule has 4 heterocycles. The average molecular weight is 997 g/mol. The minimum atomic E-state index is -0.325. The van der Waals surface area contributed by atoms with Crippen LogP contribution in [-0.2, 0) is 35.0 Å². The summed E-state index contributed by atoms with van der Waals surface area (Å²) in [5.74, 6) is 1.08. The van der Waals surface area contributed by atoms with Gasteiger partial charge in [0, 0.05) is 96.8 Å². The largest absolute Gasteiger partial charge is 0.490 e. The molecule has 4 atom stereocenters. The number of benzene rings is 3. The second-order valence-electron chi connectivity index (χ2n) is 24.2. The number of hydrogen-bond donors (Lipinski definition) is 2. The fraction of sp³-hybridized carbons (Fsp3) is 0.623. The van der Waals surface area contributed by atoms with Crippen LogP contribution in [0.15, 0.2) is 110 Å². The second kappa shape index (κ2) is 27.1. The minimum Gasteiger partial charge on any atom is -0.490 e. The van der Waals surface area contributed by atoms with E-state index in [0.29, 0.717) is 24.4 Å². The summed E-state index contributed by atoms with van der Waals surface area (Å²) in [5, 5.41) is 7.20. The summed E-state index contributed by atoms with van der Waals surface area (Å²) in [6, 6.07) is 31.9. The molecule has 0 saturated carbocycles. The Kier molecular flexibility index (Phi) is 23.3. The number of rotatable bonds is 8. The Morgan fingerprint density at radius 1 is 0.569 bits per heavy atom. The van der Waals surface area contributed by atoms with Crippen LogP contribution in [0.1, 0.15) is 148 Å². The fourth-order valence-corrected chi connectivity index (χ4v) is 10.7. The smallest absolute Gasteiger partial charge is 0.330 e. The van der Waals surface area contributed by atoms with Gasteiger partial charge in [-0.05, 0) is 128 Å². The second-order valence-corrected chi connectivity index (χ2v) is 24.2. The summed E-state index contributed by atoms with van der Waals surface area (Å²) in [7, 11) is 4.26. The highest BCUT2D eigenvalue weighted by atomic mass is 16.6. The number of likely N-dealkylation sites (tertiary alicyclic amines) is 2. The molecule has 0 spiro atoms. The molecular formula is C61H96N4O7. The first-order chi connectivity index (χ1) is 33.4. The number of ether oxygens (including phenoxy) is 4. The number of piperidine rings is 4. The molecule has 4 aliphatic heterocycles. The molecule has 11 nitrogen and oxygen atoms in total. The van der Waals surface area contributed by atoms with Crippen LogP contribution >= 0.6 is 0 Å². The van der Waals surface area contributed by atoms with Gasteiger partial charge in [-0.15, -0.1) is 0 Å². The summed E-state index contributed by atoms with van der Waals surface area (Å²) in [4.78, 5) is 38.8. The third kappa shape index (κ3) is 21.1. The van der Waals surface area contributed by atoms with Crippen molar-refractivity contribution in [1.29, 1.82) is 0 Å². The van der Waals surface area contributed by atoms with Gasteiger partial charge in [0.1, 0.15) is 30.2 Å². The Hall–Kier alpha value is -4.55. The molecule has 11 heteroatoms. The molecule has 402 valence electrons. The predicted molar refractivity (Wildman–Crippen MR) is 295 cm³/mol. The van der Waals surface area contributed by atoms with Crippen molar-refractivity contribution in [2.24, 2.45) is 11.8 Å². The van der Waals surface area contributed by atoms with E-state index in [4.69, 9.17) is 18.9 Å². The maximum Gasteiger partial charge on any atom is 0.330 e. The number of esters is 3. The van der Waals surface area contributed by atoms with Gasteiger partial charge in [0.05, 0.1) is 6.42 Å². The van der Waals surface area contributed by atoms with Gasteiger partial charge in [-0.3, -0.25) is 9.59 Å². The van der Waals surface area contributed by atoms with E-state index >= 15 is 0 Å². The summed E-state index contributed by atoms with van der Waals surface area (Å²) < 4.78 is 22.4. The van der Waals surface area contributed by atoms with Crippen molar-refractivity contribution in [3.05, 3.63) is 115 Å². The van der Waals surface area contributed by atoms with Crippen molar-refractivity contribution in [1.82, 2.24) is 20.4 Å². The van der Waals surface area contributed by atoms with Crippen LogP contribution in [-0.4, -0.2) is 113 Å². The van der Waals surface area contributed by atoms with E-state index in [1.807, 2.05) is 97.1 Å². The average Bonchev–Trinajstić information content (AvgIpc) is 3.27. The van der Waals surface area contributed by atoms with E-state index in [1.54, 1.807) is 0 Å². The van der Waals surface area contributed by atoms with Crippen LogP contribution < -0.4 is 15.4 Å². The Labute approximate surface area is 436 Å². The number of para-hydroxylation sites is 1. The zero-order valence-electron chi connectivity index (χ0n) is 47.6. The zero-order valence-corrected chi connectivity index (χ0v) is 47.6. The van der Waals surface area contributed by atoms with E-state index < -0.39 is 0 Å². The minimum absolute atomic E-state index is 0.00780. The van der Waals surface area contributed by atoms with E-state index in [-0.39, 0.29) is 69.5 Å². The van der Waals surface area contributed by atoms with Crippen LogP contribution in [0.2, 0.25) is 0 Å². The maximum atomic E-state index is 12.1. The van der Waals surface area contributed by atoms with E-state index in [1.165, 1.54) is 13.0 Å². The van der Waals surface area contributed by atoms with Crippen LogP contribution in [0.4, 0.5) is 0 Å². The number of nitrogens with one attached hydrogen (secondary N) is 2. The molecule has 72 heavy (non-hydrogen) atoms. The van der Waals surface area contributed by atoms with Crippen LogP contribution in [0.3, 0.4) is 0 Å². The fourth-order valence-electron chi connectivity index (χ4n) is 10.7. The molecule has 2 N–H and O–H groups in total. The number of nitrogens with zero attached hydrogens (tertiary/aromatic N) is 2. The van der Waals surface area contributed by atoms with Crippen LogP contribution in [0.25, 0.3) is 0 Å². The highest BCUT2D eigenvalue weighted by Gasteiger charge is 2.43. The van der Waals surface area contributed by atoms with Crippen molar-refractivity contribution < 1.29 is 33.3 Å². The summed E-state index contributed by atoms with van der Waals surface area (Å²) in [5.41, 5.74) is 1.48. The molecular weight excluding hydrogens is 901 g/mol. The molecule has 0 radical (unpaired) electrons. The van der Waals surface area contributed by atoms with Crippen molar-refractivity contribution >= 4 is 17.9 Å². The van der Waals surface area contributed by atoms with Gasteiger partial charge in [-0.2, -0.15) is 0 Å². The van der Waals surface area contributed by atoms with Crippen molar-refractivity contribution in [2.75, 3.05) is 27.2 Å². The topological polar surface area (TPSA) is 119 Å². The lowest BCUT2D eigenvalue weighted by Gasteiger charge is -2.48.